The Balaban J connectivity index is 0.000000145. The molecule has 1 fully saturated rings. The Morgan fingerprint density at radius 2 is 1.50 bits per heavy atom. The average Bonchev–Trinajstić information content (AvgIpc) is 2.17. The number of rotatable bonds is 0. The summed E-state index contributed by atoms with van der Waals surface area (Å²) >= 11 is -0.181. The van der Waals surface area contributed by atoms with Crippen LogP contribution >= 0.6 is 20.1 Å². The van der Waals surface area contributed by atoms with Gasteiger partial charge in [-0.3, -0.25) is 0 Å². The second-order valence-corrected chi connectivity index (χ2v) is 3.62. The topological polar surface area (TPSA) is 12.0 Å². The molecule has 0 aromatic heterocycles. The van der Waals surface area contributed by atoms with Gasteiger partial charge in [0, 0.05) is 0 Å². The van der Waals surface area contributed by atoms with Crippen LogP contribution in [0.25, 0.3) is 0 Å². The van der Waals surface area contributed by atoms with Crippen LogP contribution in [0.4, 0.5) is 0 Å². The summed E-state index contributed by atoms with van der Waals surface area (Å²) < 4.78 is 0. The van der Waals surface area contributed by atoms with Crippen molar-refractivity contribution in [3.8, 4) is 0 Å². The molecule has 1 aliphatic heterocycles. The second kappa shape index (κ2) is 8.07. The second-order valence-electron chi connectivity index (χ2n) is 1.52. The molecule has 1 N–H and O–H groups in total. The maximum absolute atomic E-state index is 4.83. The molecule has 8 heavy (non-hydrogen) atoms. The van der Waals surface area contributed by atoms with E-state index >= 15 is 0 Å². The van der Waals surface area contributed by atoms with E-state index in [0.717, 1.165) is 0 Å². The van der Waals surface area contributed by atoms with Gasteiger partial charge in [0.05, 0.1) is 0 Å². The third-order valence-electron chi connectivity index (χ3n) is 0.957. The summed E-state index contributed by atoms with van der Waals surface area (Å²) in [6, 6.07) is 0. The van der Waals surface area contributed by atoms with Crippen molar-refractivity contribution >= 4 is 20.1 Å². The van der Waals surface area contributed by atoms with Gasteiger partial charge in [-0.15, -0.1) is 0 Å². The molecular weight excluding hydrogens is 185 g/mol. The molecule has 0 radical (unpaired) electrons. The third kappa shape index (κ3) is 7.07. The summed E-state index contributed by atoms with van der Waals surface area (Å²) in [5, 5.41) is 3.22. The van der Waals surface area contributed by atoms with E-state index in [4.69, 9.17) is 20.1 Å². The van der Waals surface area contributed by atoms with E-state index in [9.17, 15) is 0 Å². The van der Waals surface area contributed by atoms with Crippen LogP contribution in [0, 0.1) is 0 Å². The summed E-state index contributed by atoms with van der Waals surface area (Å²) in [5.74, 6) is 0. The molecule has 1 aliphatic rings. The molecule has 0 spiro atoms. The Hall–Kier alpha value is 1.07. The van der Waals surface area contributed by atoms with Crippen molar-refractivity contribution in [2.24, 2.45) is 0 Å². The van der Waals surface area contributed by atoms with Crippen molar-refractivity contribution in [1.82, 2.24) is 5.32 Å². The molecule has 1 nitrogen and oxygen atoms in total. The molecule has 1 saturated heterocycles. The number of hydrogen-bond donors (Lipinski definition) is 1. The molecule has 0 amide bonds. The first-order chi connectivity index (χ1) is 3.91. The predicted octanol–water partition coefficient (Wildman–Crippen LogP) is 1.75. The van der Waals surface area contributed by atoms with E-state index in [0.29, 0.717) is 0 Å². The minimum atomic E-state index is -0.181. The predicted molar refractivity (Wildman–Crippen MR) is 33.8 cm³/mol. The summed E-state index contributed by atoms with van der Waals surface area (Å²) in [7, 11) is 9.65. The van der Waals surface area contributed by atoms with Gasteiger partial charge in [-0.2, -0.15) is 0 Å². The number of nitrogens with one attached hydrogen (secondary N) is 1. The van der Waals surface area contributed by atoms with Crippen molar-refractivity contribution in [2.45, 2.75) is 12.8 Å². The van der Waals surface area contributed by atoms with E-state index in [2.05, 4.69) is 5.32 Å². The molecular formula is C4H9Cl2CrN. The van der Waals surface area contributed by atoms with Crippen LogP contribution in [0.3, 0.4) is 0 Å². The molecule has 0 unspecified atom stereocenters. The molecule has 0 aromatic rings. The van der Waals surface area contributed by atoms with Crippen LogP contribution in [0.2, 0.25) is 0 Å². The first-order valence-electron chi connectivity index (χ1n) is 2.52. The van der Waals surface area contributed by atoms with Gasteiger partial charge in [0.25, 0.3) is 0 Å². The van der Waals surface area contributed by atoms with Crippen LogP contribution < -0.4 is 5.32 Å². The summed E-state index contributed by atoms with van der Waals surface area (Å²) in [6.45, 7) is 2.50. The first-order valence-corrected chi connectivity index (χ1v) is 6.02. The van der Waals surface area contributed by atoms with Gasteiger partial charge in [-0.25, -0.2) is 0 Å². The van der Waals surface area contributed by atoms with Crippen molar-refractivity contribution in [2.75, 3.05) is 13.1 Å². The standard InChI is InChI=1S/C4H9N.2ClH.Cr/c1-2-4-5-3-1;;;/h5H,1-4H2;2*1H;/q;;;+2/p-2. The normalized spacial score (nSPS) is 17.2. The van der Waals surface area contributed by atoms with Gasteiger partial charge >= 0.3 is 33.5 Å². The quantitative estimate of drug-likeness (QED) is 0.619. The van der Waals surface area contributed by atoms with Gasteiger partial charge < -0.3 is 5.32 Å². The molecule has 0 aliphatic carbocycles. The molecule has 50 valence electrons. The molecule has 0 aromatic carbocycles. The van der Waals surface area contributed by atoms with E-state index in [1.54, 1.807) is 0 Å². The average molecular weight is 194 g/mol. The molecule has 0 atom stereocenters. The zero-order chi connectivity index (χ0) is 6.24. The van der Waals surface area contributed by atoms with Gasteiger partial charge in [-0.1, -0.05) is 0 Å². The molecule has 0 saturated carbocycles. The van der Waals surface area contributed by atoms with E-state index < -0.39 is 0 Å². The summed E-state index contributed by atoms with van der Waals surface area (Å²) in [5.41, 5.74) is 0. The van der Waals surface area contributed by atoms with Crippen LogP contribution in [0.1, 0.15) is 12.8 Å². The fourth-order valence-corrected chi connectivity index (χ4v) is 0.625. The minimum absolute atomic E-state index is 0.181. The van der Waals surface area contributed by atoms with Crippen molar-refractivity contribution < 1.29 is 13.4 Å². The van der Waals surface area contributed by atoms with Crippen LogP contribution in [0.5, 0.6) is 0 Å². The molecule has 4 heteroatoms. The zero-order valence-electron chi connectivity index (χ0n) is 4.49. The van der Waals surface area contributed by atoms with E-state index in [-0.39, 0.29) is 13.4 Å². The van der Waals surface area contributed by atoms with Crippen molar-refractivity contribution in [3.05, 3.63) is 0 Å². The fourth-order valence-electron chi connectivity index (χ4n) is 0.625. The Morgan fingerprint density at radius 3 is 1.62 bits per heavy atom. The Labute approximate surface area is 64.9 Å². The van der Waals surface area contributed by atoms with Crippen LogP contribution in [0.15, 0.2) is 0 Å². The van der Waals surface area contributed by atoms with Gasteiger partial charge in [-0.05, 0) is 25.9 Å². The summed E-state index contributed by atoms with van der Waals surface area (Å²) in [6.07, 6.45) is 2.78. The van der Waals surface area contributed by atoms with Crippen LogP contribution in [-0.4, -0.2) is 13.1 Å². The first kappa shape index (κ1) is 9.07. The zero-order valence-corrected chi connectivity index (χ0v) is 7.28. The number of hydrogen-bond acceptors (Lipinski definition) is 1. The van der Waals surface area contributed by atoms with Crippen LogP contribution in [-0.2, 0) is 13.4 Å². The van der Waals surface area contributed by atoms with Gasteiger partial charge in [0.1, 0.15) is 0 Å². The number of halogens is 2. The third-order valence-corrected chi connectivity index (χ3v) is 0.957. The van der Waals surface area contributed by atoms with Crippen molar-refractivity contribution in [1.29, 1.82) is 0 Å². The molecule has 0 bridgehead atoms. The summed E-state index contributed by atoms with van der Waals surface area (Å²) in [4.78, 5) is 0. The fraction of sp³-hybridized carbons (Fsp3) is 1.00. The Kier molecular flexibility index (Phi) is 9.15. The Morgan fingerprint density at radius 1 is 1.12 bits per heavy atom. The SMILES string of the molecule is C1CCNC1.[Cl][Cr][Cl]. The van der Waals surface area contributed by atoms with E-state index in [1.807, 2.05) is 0 Å². The molecule has 1 heterocycles. The Bertz CT molecular complexity index is 33.4. The maximum atomic E-state index is 4.83. The molecule has 1 rings (SSSR count). The van der Waals surface area contributed by atoms with E-state index in [1.165, 1.54) is 25.9 Å². The monoisotopic (exact) mass is 193 g/mol. The van der Waals surface area contributed by atoms with Crippen molar-refractivity contribution in [3.63, 3.8) is 0 Å². The van der Waals surface area contributed by atoms with Gasteiger partial charge in [0.15, 0.2) is 0 Å². The van der Waals surface area contributed by atoms with Gasteiger partial charge in [0.2, 0.25) is 0 Å².